The molecule has 1 aromatic rings. The number of hydrogen-bond acceptors (Lipinski definition) is 3. The van der Waals surface area contributed by atoms with E-state index in [0.717, 1.165) is 40.1 Å². The number of thioether (sulfide) groups is 1. The van der Waals surface area contributed by atoms with Crippen LogP contribution in [0.25, 0.3) is 0 Å². The molecule has 0 N–H and O–H groups in total. The maximum atomic E-state index is 10.9. The summed E-state index contributed by atoms with van der Waals surface area (Å²) in [5.74, 6) is 2.68. The van der Waals surface area contributed by atoms with Crippen LogP contribution in [-0.4, -0.2) is 18.6 Å². The average molecular weight is 278 g/mol. The molecular formula is C16H22O2S. The summed E-state index contributed by atoms with van der Waals surface area (Å²) in [6.45, 7) is 2.35. The SMILES string of the molecule is COc1ccc(C=O)cc1CSC1CCCC(C)C1. The number of rotatable bonds is 5. The van der Waals surface area contributed by atoms with E-state index in [1.807, 2.05) is 30.0 Å². The summed E-state index contributed by atoms with van der Waals surface area (Å²) in [7, 11) is 1.69. The van der Waals surface area contributed by atoms with Crippen molar-refractivity contribution in [2.24, 2.45) is 5.92 Å². The lowest BCUT2D eigenvalue weighted by Crippen LogP contribution is -2.15. The molecule has 2 atom stereocenters. The first-order valence-corrected chi connectivity index (χ1v) is 8.01. The number of aldehydes is 1. The predicted octanol–water partition coefficient (Wildman–Crippen LogP) is 4.32. The fourth-order valence-corrected chi connectivity index (χ4v) is 4.16. The van der Waals surface area contributed by atoms with Crippen LogP contribution in [0.4, 0.5) is 0 Å². The molecule has 1 aliphatic carbocycles. The molecule has 0 bridgehead atoms. The molecule has 2 nitrogen and oxygen atoms in total. The van der Waals surface area contributed by atoms with Gasteiger partial charge in [0.2, 0.25) is 0 Å². The molecule has 0 aromatic heterocycles. The molecule has 1 aliphatic rings. The summed E-state index contributed by atoms with van der Waals surface area (Å²) in [5.41, 5.74) is 1.86. The van der Waals surface area contributed by atoms with Gasteiger partial charge in [-0.25, -0.2) is 0 Å². The highest BCUT2D eigenvalue weighted by Gasteiger charge is 2.19. The molecule has 2 rings (SSSR count). The molecule has 19 heavy (non-hydrogen) atoms. The third-order valence-corrected chi connectivity index (χ3v) is 5.18. The van der Waals surface area contributed by atoms with Gasteiger partial charge in [-0.1, -0.05) is 19.8 Å². The molecule has 1 saturated carbocycles. The van der Waals surface area contributed by atoms with Crippen LogP contribution in [0.3, 0.4) is 0 Å². The van der Waals surface area contributed by atoms with E-state index in [2.05, 4.69) is 6.92 Å². The van der Waals surface area contributed by atoms with Gasteiger partial charge < -0.3 is 4.74 Å². The van der Waals surface area contributed by atoms with E-state index in [4.69, 9.17) is 4.74 Å². The Bertz CT molecular complexity index is 431. The van der Waals surface area contributed by atoms with Crippen molar-refractivity contribution in [3.63, 3.8) is 0 Å². The second kappa shape index (κ2) is 6.99. The van der Waals surface area contributed by atoms with Crippen molar-refractivity contribution < 1.29 is 9.53 Å². The van der Waals surface area contributed by atoms with Gasteiger partial charge >= 0.3 is 0 Å². The zero-order valence-electron chi connectivity index (χ0n) is 11.7. The molecule has 104 valence electrons. The highest BCUT2D eigenvalue weighted by atomic mass is 32.2. The van der Waals surface area contributed by atoms with Crippen molar-refractivity contribution in [3.8, 4) is 5.75 Å². The van der Waals surface area contributed by atoms with Gasteiger partial charge in [0.15, 0.2) is 0 Å². The van der Waals surface area contributed by atoms with Crippen LogP contribution >= 0.6 is 11.8 Å². The highest BCUT2D eigenvalue weighted by molar-refractivity contribution is 7.99. The largest absolute Gasteiger partial charge is 0.496 e. The van der Waals surface area contributed by atoms with Crippen molar-refractivity contribution in [1.82, 2.24) is 0 Å². The quantitative estimate of drug-likeness (QED) is 0.750. The van der Waals surface area contributed by atoms with Crippen molar-refractivity contribution in [2.45, 2.75) is 43.6 Å². The Morgan fingerprint density at radius 1 is 1.42 bits per heavy atom. The predicted molar refractivity (Wildman–Crippen MR) is 81.1 cm³/mol. The summed E-state index contributed by atoms with van der Waals surface area (Å²) in [6.07, 6.45) is 6.27. The molecule has 3 heteroatoms. The number of carbonyl (C=O) groups excluding carboxylic acids is 1. The summed E-state index contributed by atoms with van der Waals surface area (Å²) in [4.78, 5) is 10.9. The van der Waals surface area contributed by atoms with Crippen LogP contribution in [0.1, 0.15) is 48.5 Å². The number of hydrogen-bond donors (Lipinski definition) is 0. The van der Waals surface area contributed by atoms with Gasteiger partial charge in [0.25, 0.3) is 0 Å². The molecule has 0 spiro atoms. The van der Waals surface area contributed by atoms with Crippen molar-refractivity contribution in [2.75, 3.05) is 7.11 Å². The molecular weight excluding hydrogens is 256 g/mol. The van der Waals surface area contributed by atoms with Crippen LogP contribution in [0.2, 0.25) is 0 Å². The van der Waals surface area contributed by atoms with Gasteiger partial charge in [0, 0.05) is 22.1 Å². The van der Waals surface area contributed by atoms with Crippen LogP contribution in [0.15, 0.2) is 18.2 Å². The average Bonchev–Trinajstić information content (AvgIpc) is 2.45. The van der Waals surface area contributed by atoms with E-state index >= 15 is 0 Å². The minimum Gasteiger partial charge on any atom is -0.496 e. The van der Waals surface area contributed by atoms with E-state index in [0.29, 0.717) is 0 Å². The van der Waals surface area contributed by atoms with E-state index in [9.17, 15) is 4.79 Å². The fraction of sp³-hybridized carbons (Fsp3) is 0.562. The van der Waals surface area contributed by atoms with Crippen molar-refractivity contribution >= 4 is 18.0 Å². The number of benzene rings is 1. The van der Waals surface area contributed by atoms with E-state index < -0.39 is 0 Å². The third kappa shape index (κ3) is 4.00. The van der Waals surface area contributed by atoms with E-state index in [-0.39, 0.29) is 0 Å². The molecule has 0 heterocycles. The highest BCUT2D eigenvalue weighted by Crippen LogP contribution is 2.35. The number of methoxy groups -OCH3 is 1. The summed E-state index contributed by atoms with van der Waals surface area (Å²) < 4.78 is 5.38. The lowest BCUT2D eigenvalue weighted by atomic mass is 9.91. The molecule has 0 saturated heterocycles. The van der Waals surface area contributed by atoms with Crippen molar-refractivity contribution in [1.29, 1.82) is 0 Å². The Morgan fingerprint density at radius 2 is 2.26 bits per heavy atom. The zero-order valence-corrected chi connectivity index (χ0v) is 12.5. The summed E-state index contributed by atoms with van der Waals surface area (Å²) in [6, 6.07) is 5.65. The molecule has 1 fully saturated rings. The zero-order chi connectivity index (χ0) is 13.7. The molecule has 2 unspecified atom stereocenters. The smallest absolute Gasteiger partial charge is 0.150 e. The van der Waals surface area contributed by atoms with Gasteiger partial charge in [0.05, 0.1) is 7.11 Å². The minimum absolute atomic E-state index is 0.730. The monoisotopic (exact) mass is 278 g/mol. The molecule has 0 amide bonds. The Balaban J connectivity index is 1.99. The van der Waals surface area contributed by atoms with Crippen LogP contribution < -0.4 is 4.74 Å². The topological polar surface area (TPSA) is 26.3 Å². The lowest BCUT2D eigenvalue weighted by molar-refractivity contribution is 0.112. The molecule has 1 aromatic carbocycles. The van der Waals surface area contributed by atoms with Gasteiger partial charge in [-0.3, -0.25) is 4.79 Å². The first-order valence-electron chi connectivity index (χ1n) is 6.96. The maximum Gasteiger partial charge on any atom is 0.150 e. The van der Waals surface area contributed by atoms with E-state index in [1.165, 1.54) is 25.7 Å². The minimum atomic E-state index is 0.730. The molecule has 0 aliphatic heterocycles. The van der Waals surface area contributed by atoms with Gasteiger partial charge in [-0.15, -0.1) is 0 Å². The van der Waals surface area contributed by atoms with Crippen LogP contribution in [0.5, 0.6) is 5.75 Å². The van der Waals surface area contributed by atoms with Crippen molar-refractivity contribution in [3.05, 3.63) is 29.3 Å². The standard InChI is InChI=1S/C16H22O2S/c1-12-4-3-5-15(8-12)19-11-14-9-13(10-17)6-7-16(14)18-2/h6-7,9-10,12,15H,3-5,8,11H2,1-2H3. The lowest BCUT2D eigenvalue weighted by Gasteiger charge is -2.26. The van der Waals surface area contributed by atoms with Crippen LogP contribution in [-0.2, 0) is 5.75 Å². The van der Waals surface area contributed by atoms with Gasteiger partial charge in [-0.2, -0.15) is 11.8 Å². The van der Waals surface area contributed by atoms with Crippen LogP contribution in [0, 0.1) is 5.92 Å². The Labute approximate surface area is 119 Å². The fourth-order valence-electron chi connectivity index (χ4n) is 2.72. The van der Waals surface area contributed by atoms with Gasteiger partial charge in [0.1, 0.15) is 12.0 Å². The van der Waals surface area contributed by atoms with E-state index in [1.54, 1.807) is 7.11 Å². The Kier molecular flexibility index (Phi) is 5.32. The first-order chi connectivity index (χ1) is 9.22. The summed E-state index contributed by atoms with van der Waals surface area (Å²) >= 11 is 2.01. The third-order valence-electron chi connectivity index (χ3n) is 3.80. The van der Waals surface area contributed by atoms with Gasteiger partial charge in [-0.05, 0) is 37.0 Å². The second-order valence-corrected chi connectivity index (χ2v) is 6.68. The first kappa shape index (κ1) is 14.4. The normalized spacial score (nSPS) is 23.1. The number of ether oxygens (including phenoxy) is 1. The Hall–Kier alpha value is -0.960. The second-order valence-electron chi connectivity index (χ2n) is 5.39. The molecule has 0 radical (unpaired) electrons. The number of carbonyl (C=O) groups is 1. The maximum absolute atomic E-state index is 10.9. The Morgan fingerprint density at radius 3 is 2.95 bits per heavy atom. The summed E-state index contributed by atoms with van der Waals surface area (Å²) in [5, 5.41) is 0.758.